The minimum atomic E-state index is 0.0522. The fourth-order valence-corrected chi connectivity index (χ4v) is 2.66. The molecule has 0 saturated heterocycles. The van der Waals surface area contributed by atoms with Crippen molar-refractivity contribution in [3.63, 3.8) is 0 Å². The van der Waals surface area contributed by atoms with Gasteiger partial charge in [0.15, 0.2) is 5.12 Å². The fraction of sp³-hybridized carbons (Fsp3) is 0.417. The highest BCUT2D eigenvalue weighted by Gasteiger charge is 2.31. The molecule has 0 N–H and O–H groups in total. The quantitative estimate of drug-likeness (QED) is 0.736. The summed E-state index contributed by atoms with van der Waals surface area (Å²) in [5.41, 5.74) is 1.29. The highest BCUT2D eigenvalue weighted by Crippen LogP contribution is 2.40. The van der Waals surface area contributed by atoms with Gasteiger partial charge in [-0.25, -0.2) is 0 Å². The zero-order chi connectivity index (χ0) is 9.97. The molecular formula is C12H14OS. The second-order valence-electron chi connectivity index (χ2n) is 3.89. The maximum absolute atomic E-state index is 11.3. The summed E-state index contributed by atoms with van der Waals surface area (Å²) < 4.78 is 0. The molecular weight excluding hydrogens is 192 g/mol. The van der Waals surface area contributed by atoms with Gasteiger partial charge in [-0.15, -0.1) is 12.6 Å². The molecule has 0 aromatic heterocycles. The van der Waals surface area contributed by atoms with Crippen molar-refractivity contribution >= 4 is 17.7 Å². The summed E-state index contributed by atoms with van der Waals surface area (Å²) in [6, 6.07) is 10.3. The number of carbonyl (C=O) groups excluding carboxylic acids is 1. The van der Waals surface area contributed by atoms with Crippen molar-refractivity contribution in [2.45, 2.75) is 25.2 Å². The maximum atomic E-state index is 11.3. The van der Waals surface area contributed by atoms with Gasteiger partial charge in [-0.05, 0) is 24.3 Å². The molecule has 1 aliphatic rings. The molecule has 1 nitrogen and oxygen atoms in total. The van der Waals surface area contributed by atoms with Crippen molar-refractivity contribution in [3.8, 4) is 0 Å². The van der Waals surface area contributed by atoms with Crippen LogP contribution >= 0.6 is 12.6 Å². The largest absolute Gasteiger partial charge is 0.287 e. The van der Waals surface area contributed by atoms with Gasteiger partial charge >= 0.3 is 0 Å². The first kappa shape index (κ1) is 9.78. The van der Waals surface area contributed by atoms with E-state index < -0.39 is 0 Å². The molecule has 0 heterocycles. The van der Waals surface area contributed by atoms with Crippen LogP contribution in [-0.4, -0.2) is 5.12 Å². The van der Waals surface area contributed by atoms with E-state index in [1.165, 1.54) is 5.56 Å². The molecule has 74 valence electrons. The average Bonchev–Trinajstić information content (AvgIpc) is 2.67. The third kappa shape index (κ3) is 1.85. The summed E-state index contributed by atoms with van der Waals surface area (Å²) in [4.78, 5) is 11.3. The summed E-state index contributed by atoms with van der Waals surface area (Å²) in [5.74, 6) is 0.543. The van der Waals surface area contributed by atoms with Gasteiger partial charge in [-0.1, -0.05) is 36.8 Å². The summed E-state index contributed by atoms with van der Waals surface area (Å²) >= 11 is 3.96. The lowest BCUT2D eigenvalue weighted by molar-refractivity contribution is -0.114. The Hall–Kier alpha value is -0.760. The van der Waals surface area contributed by atoms with Gasteiger partial charge in [-0.3, -0.25) is 4.79 Å². The van der Waals surface area contributed by atoms with Crippen LogP contribution in [0, 0.1) is 5.92 Å². The van der Waals surface area contributed by atoms with Gasteiger partial charge in [0.2, 0.25) is 0 Å². The van der Waals surface area contributed by atoms with Crippen molar-refractivity contribution < 1.29 is 4.79 Å². The van der Waals surface area contributed by atoms with E-state index >= 15 is 0 Å². The van der Waals surface area contributed by atoms with Crippen LogP contribution in [0.25, 0.3) is 0 Å². The van der Waals surface area contributed by atoms with E-state index in [-0.39, 0.29) is 11.0 Å². The van der Waals surface area contributed by atoms with Crippen molar-refractivity contribution in [3.05, 3.63) is 35.9 Å². The summed E-state index contributed by atoms with van der Waals surface area (Å²) in [6.45, 7) is 0. The fourth-order valence-electron chi connectivity index (χ4n) is 2.35. The Bertz CT molecular complexity index is 320. The van der Waals surface area contributed by atoms with Crippen molar-refractivity contribution in [1.29, 1.82) is 0 Å². The number of carbonyl (C=O) groups is 1. The molecule has 1 saturated carbocycles. The second kappa shape index (κ2) is 4.18. The summed E-state index contributed by atoms with van der Waals surface area (Å²) in [6.07, 6.45) is 3.28. The molecule has 2 atom stereocenters. The Morgan fingerprint density at radius 3 is 2.57 bits per heavy atom. The molecule has 1 aromatic rings. The van der Waals surface area contributed by atoms with Crippen molar-refractivity contribution in [1.82, 2.24) is 0 Å². The first-order valence-corrected chi connectivity index (χ1v) is 5.51. The van der Waals surface area contributed by atoms with Crippen LogP contribution in [0.2, 0.25) is 0 Å². The van der Waals surface area contributed by atoms with Gasteiger partial charge in [0, 0.05) is 5.92 Å². The van der Waals surface area contributed by atoms with E-state index in [9.17, 15) is 4.79 Å². The molecule has 0 amide bonds. The second-order valence-corrected chi connectivity index (χ2v) is 4.33. The lowest BCUT2D eigenvalue weighted by Gasteiger charge is -2.16. The van der Waals surface area contributed by atoms with Gasteiger partial charge in [0.1, 0.15) is 0 Å². The Labute approximate surface area is 89.9 Å². The third-order valence-corrected chi connectivity index (χ3v) is 3.39. The molecule has 0 radical (unpaired) electrons. The number of hydrogen-bond acceptors (Lipinski definition) is 1. The van der Waals surface area contributed by atoms with Crippen LogP contribution in [0.5, 0.6) is 0 Å². The van der Waals surface area contributed by atoms with Crippen molar-refractivity contribution in [2.75, 3.05) is 0 Å². The van der Waals surface area contributed by atoms with E-state index in [1.807, 2.05) is 18.2 Å². The topological polar surface area (TPSA) is 17.1 Å². The highest BCUT2D eigenvalue weighted by molar-refractivity contribution is 7.96. The first-order valence-electron chi connectivity index (χ1n) is 5.07. The Balaban J connectivity index is 2.22. The van der Waals surface area contributed by atoms with E-state index in [2.05, 4.69) is 24.8 Å². The standard InChI is InChI=1S/C12H14OS/c13-12(14)11-8-4-7-10(11)9-5-2-1-3-6-9/h1-3,5-6,10-11H,4,7-8H2,(H,13,14). The Kier molecular flexibility index (Phi) is 2.92. The lowest BCUT2D eigenvalue weighted by Crippen LogP contribution is -2.12. The Morgan fingerprint density at radius 1 is 1.21 bits per heavy atom. The number of thiol groups is 1. The smallest absolute Gasteiger partial charge is 0.189 e. The molecule has 1 aromatic carbocycles. The third-order valence-electron chi connectivity index (χ3n) is 3.06. The monoisotopic (exact) mass is 206 g/mol. The summed E-state index contributed by atoms with van der Waals surface area (Å²) in [7, 11) is 0. The normalized spacial score (nSPS) is 26.4. The lowest BCUT2D eigenvalue weighted by atomic mass is 9.90. The number of hydrogen-bond donors (Lipinski definition) is 1. The molecule has 2 rings (SSSR count). The average molecular weight is 206 g/mol. The molecule has 1 fully saturated rings. The van der Waals surface area contributed by atoms with Gasteiger partial charge in [0.25, 0.3) is 0 Å². The Morgan fingerprint density at radius 2 is 1.93 bits per heavy atom. The van der Waals surface area contributed by atoms with Crippen LogP contribution in [0.4, 0.5) is 0 Å². The predicted molar refractivity (Wildman–Crippen MR) is 60.5 cm³/mol. The summed E-state index contributed by atoms with van der Waals surface area (Å²) in [5, 5.41) is 0.0522. The zero-order valence-electron chi connectivity index (χ0n) is 8.02. The molecule has 14 heavy (non-hydrogen) atoms. The molecule has 2 unspecified atom stereocenters. The predicted octanol–water partition coefficient (Wildman–Crippen LogP) is 3.03. The van der Waals surface area contributed by atoms with Crippen LogP contribution in [0.3, 0.4) is 0 Å². The molecule has 1 aliphatic carbocycles. The SMILES string of the molecule is O=C(S)C1CCCC1c1ccccc1. The van der Waals surface area contributed by atoms with E-state index in [0.29, 0.717) is 5.92 Å². The zero-order valence-corrected chi connectivity index (χ0v) is 8.91. The van der Waals surface area contributed by atoms with Crippen LogP contribution in [0.1, 0.15) is 30.7 Å². The minimum absolute atomic E-state index is 0.0522. The maximum Gasteiger partial charge on any atom is 0.189 e. The van der Waals surface area contributed by atoms with Gasteiger partial charge in [-0.2, -0.15) is 0 Å². The highest BCUT2D eigenvalue weighted by atomic mass is 32.1. The first-order chi connectivity index (χ1) is 6.79. The van der Waals surface area contributed by atoms with E-state index in [4.69, 9.17) is 0 Å². The van der Waals surface area contributed by atoms with Crippen LogP contribution in [0.15, 0.2) is 30.3 Å². The van der Waals surface area contributed by atoms with Crippen LogP contribution in [-0.2, 0) is 4.79 Å². The van der Waals surface area contributed by atoms with Gasteiger partial charge < -0.3 is 0 Å². The minimum Gasteiger partial charge on any atom is -0.287 e. The molecule has 2 heteroatoms. The molecule has 0 spiro atoms. The van der Waals surface area contributed by atoms with Crippen molar-refractivity contribution in [2.24, 2.45) is 5.92 Å². The van der Waals surface area contributed by atoms with E-state index in [1.54, 1.807) is 0 Å². The van der Waals surface area contributed by atoms with Crippen LogP contribution < -0.4 is 0 Å². The molecule has 0 bridgehead atoms. The number of benzene rings is 1. The van der Waals surface area contributed by atoms with E-state index in [0.717, 1.165) is 19.3 Å². The number of rotatable bonds is 2. The van der Waals surface area contributed by atoms with Gasteiger partial charge in [0.05, 0.1) is 0 Å². The molecule has 0 aliphatic heterocycles.